The number of ketones is 1. The second kappa shape index (κ2) is 13.5. The molecule has 1 N–H and O–H groups in total. The topological polar surface area (TPSA) is 106 Å². The van der Waals surface area contributed by atoms with Crippen LogP contribution in [0.2, 0.25) is 0 Å². The molecule has 0 bridgehead atoms. The summed E-state index contributed by atoms with van der Waals surface area (Å²) in [6, 6.07) is 12.6. The van der Waals surface area contributed by atoms with Gasteiger partial charge in [-0.15, -0.1) is 0 Å². The van der Waals surface area contributed by atoms with Crippen LogP contribution in [-0.2, 0) is 14.4 Å². The van der Waals surface area contributed by atoms with E-state index in [4.69, 9.17) is 14.7 Å². The van der Waals surface area contributed by atoms with Crippen molar-refractivity contribution in [3.8, 4) is 5.75 Å². The van der Waals surface area contributed by atoms with Crippen molar-refractivity contribution in [2.24, 2.45) is 5.16 Å². The number of amides is 1. The number of aliphatic hydroxyl groups excluding tert-OH is 1. The summed E-state index contributed by atoms with van der Waals surface area (Å²) in [5.41, 5.74) is 0.722. The number of nitrogens with zero attached hydrogens (tertiary/aromatic N) is 2. The van der Waals surface area contributed by atoms with Gasteiger partial charge in [0.05, 0.1) is 12.3 Å². The summed E-state index contributed by atoms with van der Waals surface area (Å²) < 4.78 is 5.37. The number of ether oxygens (including phenoxy) is 1. The number of anilines is 1. The number of rotatable bonds is 12. The average molecular weight is 487 g/mol. The van der Waals surface area contributed by atoms with Gasteiger partial charge in [0.2, 0.25) is 11.7 Å². The van der Waals surface area contributed by atoms with Gasteiger partial charge in [0.25, 0.3) is 0 Å². The molecule has 0 radical (unpaired) electrons. The van der Waals surface area contributed by atoms with Gasteiger partial charge in [-0.3, -0.25) is 9.59 Å². The second-order valence-electron chi connectivity index (χ2n) is 7.48. The lowest BCUT2D eigenvalue weighted by molar-refractivity contribution is -0.143. The first kappa shape index (κ1) is 27.1. The largest absolute Gasteiger partial charge is 0.491 e. The van der Waals surface area contributed by atoms with Crippen LogP contribution in [0.5, 0.6) is 5.75 Å². The van der Waals surface area contributed by atoms with Crippen molar-refractivity contribution in [3.05, 3.63) is 48.0 Å². The smallest absolute Gasteiger partial charge is 0.335 e. The fraction of sp³-hybridized carbons (Fsp3) is 0.360. The Morgan fingerprint density at radius 1 is 1.06 bits per heavy atom. The minimum absolute atomic E-state index is 0.0157. The summed E-state index contributed by atoms with van der Waals surface area (Å²) in [6.45, 7) is 5.01. The number of hydrogen-bond donors (Lipinski definition) is 1. The molecule has 0 saturated heterocycles. The summed E-state index contributed by atoms with van der Waals surface area (Å²) in [7, 11) is 1.59. The van der Waals surface area contributed by atoms with Crippen molar-refractivity contribution in [2.45, 2.75) is 49.8 Å². The molecule has 182 valence electrons. The second-order valence-corrected chi connectivity index (χ2v) is 8.62. The fourth-order valence-electron chi connectivity index (χ4n) is 2.84. The van der Waals surface area contributed by atoms with Gasteiger partial charge in [-0.2, -0.15) is 0 Å². The summed E-state index contributed by atoms with van der Waals surface area (Å²) in [6.07, 6.45) is 1.77. The van der Waals surface area contributed by atoms with Crippen molar-refractivity contribution in [1.82, 2.24) is 0 Å². The van der Waals surface area contributed by atoms with E-state index in [1.165, 1.54) is 30.5 Å². The van der Waals surface area contributed by atoms with Crippen LogP contribution in [0.4, 0.5) is 5.69 Å². The number of carbonyl (C=O) groups is 3. The van der Waals surface area contributed by atoms with E-state index in [2.05, 4.69) is 5.16 Å². The quantitative estimate of drug-likeness (QED) is 0.204. The van der Waals surface area contributed by atoms with Crippen molar-refractivity contribution in [3.63, 3.8) is 0 Å². The Labute approximate surface area is 203 Å². The Hall–Kier alpha value is -3.17. The van der Waals surface area contributed by atoms with Crippen LogP contribution in [0.25, 0.3) is 0 Å². The zero-order valence-corrected chi connectivity index (χ0v) is 20.7. The van der Waals surface area contributed by atoms with Crippen LogP contribution >= 0.6 is 11.8 Å². The van der Waals surface area contributed by atoms with Crippen molar-refractivity contribution >= 4 is 40.8 Å². The van der Waals surface area contributed by atoms with E-state index in [0.29, 0.717) is 17.9 Å². The molecule has 0 spiro atoms. The Bertz CT molecular complexity index is 1040. The van der Waals surface area contributed by atoms with Crippen molar-refractivity contribution < 1.29 is 29.1 Å². The first-order chi connectivity index (χ1) is 16.3. The van der Waals surface area contributed by atoms with Crippen LogP contribution in [0.1, 0.15) is 50.4 Å². The molecule has 0 atom stereocenters. The standard InChI is InChI=1S/C25H30N2O6S/c1-5-6-7-24(30)33-26-17(2)25(31)22-13-12-21(16-23(22)27(4)18(3)29)34-20-10-8-19(9-11-20)32-15-14-28/h8-13,16,28H,5-7,14-15H2,1-4H3/b26-17+. The number of benzene rings is 2. The predicted octanol–water partition coefficient (Wildman–Crippen LogP) is 4.48. The lowest BCUT2D eigenvalue weighted by atomic mass is 10.0. The van der Waals surface area contributed by atoms with Crippen molar-refractivity contribution in [2.75, 3.05) is 25.2 Å². The maximum atomic E-state index is 13.0. The zero-order chi connectivity index (χ0) is 25.1. The number of unbranched alkanes of at least 4 members (excludes halogenated alkanes) is 1. The van der Waals surface area contributed by atoms with Gasteiger partial charge in [-0.1, -0.05) is 30.3 Å². The lowest BCUT2D eigenvalue weighted by Gasteiger charge is -2.19. The molecule has 0 aromatic heterocycles. The highest BCUT2D eigenvalue weighted by molar-refractivity contribution is 7.99. The molecule has 9 heteroatoms. The summed E-state index contributed by atoms with van der Waals surface area (Å²) in [4.78, 5) is 44.8. The molecule has 8 nitrogen and oxygen atoms in total. The number of hydrogen-bond acceptors (Lipinski definition) is 8. The SMILES string of the molecule is CCCCC(=O)O/N=C(\C)C(=O)c1ccc(Sc2ccc(OCCO)cc2)cc1N(C)C(C)=O. The predicted molar refractivity (Wildman–Crippen MR) is 132 cm³/mol. The minimum atomic E-state index is -0.491. The maximum Gasteiger partial charge on any atom is 0.335 e. The molecule has 0 unspecified atom stereocenters. The van der Waals surface area contributed by atoms with E-state index in [0.717, 1.165) is 16.2 Å². The van der Waals surface area contributed by atoms with Crippen LogP contribution in [-0.4, -0.2) is 48.7 Å². The number of carbonyl (C=O) groups excluding carboxylic acids is 3. The number of oxime groups is 1. The molecule has 0 heterocycles. The van der Waals surface area contributed by atoms with E-state index in [-0.39, 0.29) is 36.8 Å². The van der Waals surface area contributed by atoms with Crippen molar-refractivity contribution in [1.29, 1.82) is 0 Å². The molecule has 2 aromatic rings. The molecule has 0 aliphatic rings. The molecule has 2 rings (SSSR count). The first-order valence-electron chi connectivity index (χ1n) is 11.0. The van der Waals surface area contributed by atoms with E-state index in [1.54, 1.807) is 37.4 Å². The van der Waals surface area contributed by atoms with E-state index < -0.39 is 11.8 Å². The third kappa shape index (κ3) is 8.00. The molecule has 0 saturated carbocycles. The summed E-state index contributed by atoms with van der Waals surface area (Å²) in [5.74, 6) is -0.508. The van der Waals surface area contributed by atoms with Crippen LogP contribution in [0, 0.1) is 0 Å². The third-order valence-electron chi connectivity index (χ3n) is 4.81. The van der Waals surface area contributed by atoms with Gasteiger partial charge in [-0.25, -0.2) is 4.79 Å². The summed E-state index contributed by atoms with van der Waals surface area (Å²) >= 11 is 1.46. The minimum Gasteiger partial charge on any atom is -0.491 e. The molecular weight excluding hydrogens is 456 g/mol. The first-order valence-corrected chi connectivity index (χ1v) is 11.8. The monoisotopic (exact) mass is 486 g/mol. The Morgan fingerprint density at radius 3 is 2.35 bits per heavy atom. The van der Waals surface area contributed by atoms with E-state index in [9.17, 15) is 14.4 Å². The Kier molecular flexibility index (Phi) is 10.8. The highest BCUT2D eigenvalue weighted by atomic mass is 32.2. The molecule has 0 aliphatic heterocycles. The molecule has 2 aromatic carbocycles. The van der Waals surface area contributed by atoms with E-state index in [1.807, 2.05) is 19.1 Å². The summed E-state index contributed by atoms with van der Waals surface area (Å²) in [5, 5.41) is 12.6. The maximum absolute atomic E-state index is 13.0. The molecule has 0 fully saturated rings. The normalized spacial score (nSPS) is 11.1. The van der Waals surface area contributed by atoms with Gasteiger partial charge in [0.15, 0.2) is 0 Å². The van der Waals surface area contributed by atoms with Gasteiger partial charge < -0.3 is 19.6 Å². The van der Waals surface area contributed by atoms with Gasteiger partial charge in [-0.05, 0) is 55.8 Å². The molecular formula is C25H30N2O6S. The number of aliphatic hydroxyl groups is 1. The lowest BCUT2D eigenvalue weighted by Crippen LogP contribution is -2.26. The average Bonchev–Trinajstić information content (AvgIpc) is 2.84. The highest BCUT2D eigenvalue weighted by Crippen LogP contribution is 2.33. The Morgan fingerprint density at radius 2 is 1.74 bits per heavy atom. The molecule has 1 amide bonds. The third-order valence-corrected chi connectivity index (χ3v) is 5.81. The Balaban J connectivity index is 2.25. The number of Topliss-reactive ketones (excluding diaryl/α,β-unsaturated/α-hetero) is 1. The van der Waals surface area contributed by atoms with Crippen LogP contribution < -0.4 is 9.64 Å². The van der Waals surface area contributed by atoms with Gasteiger partial charge in [0.1, 0.15) is 18.1 Å². The fourth-order valence-corrected chi connectivity index (χ4v) is 3.69. The molecule has 0 aliphatic carbocycles. The van der Waals surface area contributed by atoms with Gasteiger partial charge >= 0.3 is 5.97 Å². The zero-order valence-electron chi connectivity index (χ0n) is 19.9. The highest BCUT2D eigenvalue weighted by Gasteiger charge is 2.20. The van der Waals surface area contributed by atoms with E-state index >= 15 is 0 Å². The van der Waals surface area contributed by atoms with Crippen LogP contribution in [0.15, 0.2) is 57.4 Å². The van der Waals surface area contributed by atoms with Crippen LogP contribution in [0.3, 0.4) is 0 Å². The van der Waals surface area contributed by atoms with Gasteiger partial charge in [0, 0.05) is 35.7 Å². The molecule has 34 heavy (non-hydrogen) atoms.